The van der Waals surface area contributed by atoms with Gasteiger partial charge in [-0.15, -0.1) is 0 Å². The Morgan fingerprint density at radius 3 is 2.69 bits per heavy atom. The van der Waals surface area contributed by atoms with Crippen molar-refractivity contribution in [2.75, 3.05) is 26.3 Å². The van der Waals surface area contributed by atoms with Gasteiger partial charge in [-0.1, -0.05) is 24.3 Å². The van der Waals surface area contributed by atoms with Crippen LogP contribution < -0.4 is 5.32 Å². The Balaban J connectivity index is 1.35. The maximum atomic E-state index is 12.7. The smallest absolute Gasteiger partial charge is 0.341 e. The minimum Gasteiger partial charge on any atom is -0.462 e. The van der Waals surface area contributed by atoms with Gasteiger partial charge < -0.3 is 14.8 Å². The van der Waals surface area contributed by atoms with Crippen molar-refractivity contribution in [3.05, 3.63) is 82.7 Å². The van der Waals surface area contributed by atoms with Crippen molar-refractivity contribution in [3.63, 3.8) is 0 Å². The second kappa shape index (κ2) is 11.3. The van der Waals surface area contributed by atoms with Gasteiger partial charge in [0.25, 0.3) is 5.91 Å². The lowest BCUT2D eigenvalue weighted by Crippen LogP contribution is -2.40. The molecule has 1 N–H and O–H groups in total. The average Bonchev–Trinajstić information content (AvgIpc) is 3.24. The predicted molar refractivity (Wildman–Crippen MR) is 133 cm³/mol. The van der Waals surface area contributed by atoms with Gasteiger partial charge in [0.05, 0.1) is 36.9 Å². The van der Waals surface area contributed by atoms with E-state index in [-0.39, 0.29) is 12.0 Å². The van der Waals surface area contributed by atoms with Crippen LogP contribution >= 0.6 is 0 Å². The number of rotatable bonds is 8. The summed E-state index contributed by atoms with van der Waals surface area (Å²) in [6.45, 7) is 9.95. The zero-order chi connectivity index (χ0) is 24.8. The van der Waals surface area contributed by atoms with E-state index in [0.29, 0.717) is 30.0 Å². The SMILES string of the molecule is CCOC(=O)c1cnn(-c2ccc(C(=O)NCc3cccc(CN4CCOC(C)C4)c3)cc2)c1C. The summed E-state index contributed by atoms with van der Waals surface area (Å²) in [6.07, 6.45) is 1.76. The molecule has 0 bridgehead atoms. The van der Waals surface area contributed by atoms with E-state index in [4.69, 9.17) is 9.47 Å². The molecule has 1 fully saturated rings. The molecule has 1 atom stereocenters. The normalized spacial score (nSPS) is 16.1. The Labute approximate surface area is 205 Å². The van der Waals surface area contributed by atoms with E-state index < -0.39 is 5.97 Å². The van der Waals surface area contributed by atoms with Gasteiger partial charge in [-0.25, -0.2) is 9.48 Å². The van der Waals surface area contributed by atoms with E-state index in [1.165, 1.54) is 11.8 Å². The number of morpholine rings is 1. The first-order chi connectivity index (χ1) is 16.9. The minimum atomic E-state index is -0.393. The van der Waals surface area contributed by atoms with Gasteiger partial charge in [-0.2, -0.15) is 5.10 Å². The van der Waals surface area contributed by atoms with Gasteiger partial charge in [0.1, 0.15) is 5.56 Å². The molecule has 0 aliphatic carbocycles. The van der Waals surface area contributed by atoms with E-state index in [1.54, 1.807) is 23.7 Å². The number of aromatic nitrogens is 2. The van der Waals surface area contributed by atoms with Gasteiger partial charge in [-0.05, 0) is 56.2 Å². The first kappa shape index (κ1) is 24.6. The Kier molecular flexibility index (Phi) is 7.94. The maximum absolute atomic E-state index is 12.7. The summed E-state index contributed by atoms with van der Waals surface area (Å²) in [5.41, 5.74) is 4.73. The molecular weight excluding hydrogens is 444 g/mol. The van der Waals surface area contributed by atoms with Crippen LogP contribution in [0.15, 0.2) is 54.7 Å². The summed E-state index contributed by atoms with van der Waals surface area (Å²) >= 11 is 0. The molecule has 35 heavy (non-hydrogen) atoms. The second-order valence-electron chi connectivity index (χ2n) is 8.74. The van der Waals surface area contributed by atoms with Gasteiger partial charge in [0.15, 0.2) is 0 Å². The fourth-order valence-electron chi connectivity index (χ4n) is 4.25. The monoisotopic (exact) mass is 476 g/mol. The number of nitrogens with zero attached hydrogens (tertiary/aromatic N) is 3. The van der Waals surface area contributed by atoms with Crippen LogP contribution in [-0.2, 0) is 22.6 Å². The highest BCUT2D eigenvalue weighted by Crippen LogP contribution is 2.17. The zero-order valence-corrected chi connectivity index (χ0v) is 20.5. The molecule has 2 heterocycles. The largest absolute Gasteiger partial charge is 0.462 e. The zero-order valence-electron chi connectivity index (χ0n) is 20.5. The van der Waals surface area contributed by atoms with Gasteiger partial charge in [-0.3, -0.25) is 9.69 Å². The molecule has 0 spiro atoms. The standard InChI is InChI=1S/C27H32N4O4/c1-4-34-27(33)25-16-29-31(20(25)3)24-10-8-23(9-11-24)26(32)28-15-21-6-5-7-22(14-21)18-30-12-13-35-19(2)17-30/h5-11,14,16,19H,4,12-13,15,17-18H2,1-3H3,(H,28,32). The molecule has 1 unspecified atom stereocenters. The highest BCUT2D eigenvalue weighted by molar-refractivity contribution is 5.94. The van der Waals surface area contributed by atoms with Crippen molar-refractivity contribution >= 4 is 11.9 Å². The maximum Gasteiger partial charge on any atom is 0.341 e. The Bertz CT molecular complexity index is 1170. The Hall–Kier alpha value is -3.49. The molecule has 1 aliphatic heterocycles. The molecule has 1 amide bonds. The summed E-state index contributed by atoms with van der Waals surface area (Å²) in [6, 6.07) is 15.5. The lowest BCUT2D eigenvalue weighted by atomic mass is 10.1. The van der Waals surface area contributed by atoms with Crippen molar-refractivity contribution in [3.8, 4) is 5.69 Å². The van der Waals surface area contributed by atoms with Crippen LogP contribution in [0.3, 0.4) is 0 Å². The molecule has 184 valence electrons. The number of hydrogen-bond donors (Lipinski definition) is 1. The first-order valence-corrected chi connectivity index (χ1v) is 12.0. The number of carbonyl (C=O) groups is 2. The summed E-state index contributed by atoms with van der Waals surface area (Å²) in [5, 5.41) is 7.30. The molecule has 1 saturated heterocycles. The van der Waals surface area contributed by atoms with Crippen LogP contribution in [-0.4, -0.2) is 59.0 Å². The van der Waals surface area contributed by atoms with E-state index in [0.717, 1.165) is 37.5 Å². The summed E-state index contributed by atoms with van der Waals surface area (Å²) in [7, 11) is 0. The van der Waals surface area contributed by atoms with Crippen molar-refractivity contribution in [2.45, 2.75) is 40.0 Å². The fourth-order valence-corrected chi connectivity index (χ4v) is 4.25. The van der Waals surface area contributed by atoms with Crippen LogP contribution in [0.5, 0.6) is 0 Å². The Morgan fingerprint density at radius 1 is 1.17 bits per heavy atom. The molecule has 8 nitrogen and oxygen atoms in total. The summed E-state index contributed by atoms with van der Waals surface area (Å²) in [4.78, 5) is 27.2. The van der Waals surface area contributed by atoms with Crippen molar-refractivity contribution in [1.29, 1.82) is 0 Å². The molecule has 4 rings (SSSR count). The van der Waals surface area contributed by atoms with Crippen molar-refractivity contribution < 1.29 is 19.1 Å². The third-order valence-corrected chi connectivity index (χ3v) is 6.06. The quantitative estimate of drug-likeness (QED) is 0.501. The van der Waals surface area contributed by atoms with E-state index in [2.05, 4.69) is 34.4 Å². The second-order valence-corrected chi connectivity index (χ2v) is 8.74. The van der Waals surface area contributed by atoms with E-state index in [9.17, 15) is 9.59 Å². The molecule has 1 aromatic heterocycles. The topological polar surface area (TPSA) is 85.7 Å². The number of amides is 1. The number of carbonyl (C=O) groups excluding carboxylic acids is 2. The Morgan fingerprint density at radius 2 is 1.94 bits per heavy atom. The third-order valence-electron chi connectivity index (χ3n) is 6.06. The van der Waals surface area contributed by atoms with Crippen molar-refractivity contribution in [2.24, 2.45) is 0 Å². The van der Waals surface area contributed by atoms with E-state index >= 15 is 0 Å². The van der Waals surface area contributed by atoms with Crippen molar-refractivity contribution in [1.82, 2.24) is 20.0 Å². The van der Waals surface area contributed by atoms with Crippen LogP contribution in [0.4, 0.5) is 0 Å². The van der Waals surface area contributed by atoms with Gasteiger partial charge >= 0.3 is 5.97 Å². The first-order valence-electron chi connectivity index (χ1n) is 12.0. The highest BCUT2D eigenvalue weighted by atomic mass is 16.5. The van der Waals surface area contributed by atoms with Crippen LogP contribution in [0.2, 0.25) is 0 Å². The number of ether oxygens (including phenoxy) is 2. The molecule has 2 aromatic carbocycles. The number of esters is 1. The molecule has 1 aliphatic rings. The number of benzene rings is 2. The van der Waals surface area contributed by atoms with E-state index in [1.807, 2.05) is 31.2 Å². The van der Waals surface area contributed by atoms with Gasteiger partial charge in [0, 0.05) is 31.7 Å². The van der Waals surface area contributed by atoms with Crippen LogP contribution in [0, 0.1) is 6.92 Å². The molecule has 8 heteroatoms. The number of hydrogen-bond acceptors (Lipinski definition) is 6. The molecular formula is C27H32N4O4. The lowest BCUT2D eigenvalue weighted by molar-refractivity contribution is -0.0212. The average molecular weight is 477 g/mol. The molecule has 0 radical (unpaired) electrons. The predicted octanol–water partition coefficient (Wildman–Crippen LogP) is 3.51. The molecule has 3 aromatic rings. The van der Waals surface area contributed by atoms with Crippen LogP contribution in [0.25, 0.3) is 5.69 Å². The fraction of sp³-hybridized carbons (Fsp3) is 0.370. The number of nitrogens with one attached hydrogen (secondary N) is 1. The molecule has 0 saturated carbocycles. The highest BCUT2D eigenvalue weighted by Gasteiger charge is 2.18. The summed E-state index contributed by atoms with van der Waals surface area (Å²) in [5.74, 6) is -0.538. The van der Waals surface area contributed by atoms with Gasteiger partial charge in [0.2, 0.25) is 0 Å². The lowest BCUT2D eigenvalue weighted by Gasteiger charge is -2.31. The van der Waals surface area contributed by atoms with Crippen LogP contribution in [0.1, 0.15) is 51.4 Å². The summed E-state index contributed by atoms with van der Waals surface area (Å²) < 4.78 is 12.4. The minimum absolute atomic E-state index is 0.145. The third kappa shape index (κ3) is 6.15.